The summed E-state index contributed by atoms with van der Waals surface area (Å²) in [4.78, 5) is 27.8. The largest absolute Gasteiger partial charge is 0.468 e. The number of carbonyl (C=O) groups excluding carboxylic acids is 1. The van der Waals surface area contributed by atoms with Crippen LogP contribution in [0.4, 0.5) is 0 Å². The van der Waals surface area contributed by atoms with E-state index in [1.165, 1.54) is 30.2 Å². The normalized spacial score (nSPS) is 16.9. The first-order valence-corrected chi connectivity index (χ1v) is 12.5. The number of esters is 1. The van der Waals surface area contributed by atoms with Gasteiger partial charge in [0.25, 0.3) is 5.56 Å². The third-order valence-electron chi connectivity index (χ3n) is 5.92. The fourth-order valence-electron chi connectivity index (χ4n) is 4.13. The fraction of sp³-hybridized carbons (Fsp3) is 0.391. The van der Waals surface area contributed by atoms with Crippen molar-refractivity contribution in [2.45, 2.75) is 50.3 Å². The number of hydrogen-bond acceptors (Lipinski definition) is 8. The zero-order chi connectivity index (χ0) is 23.3. The number of thioether (sulfide) groups is 1. The Hall–Kier alpha value is -2.69. The molecule has 5 rings (SSSR count). The zero-order valence-corrected chi connectivity index (χ0v) is 20.4. The lowest BCUT2D eigenvalue weighted by Crippen LogP contribution is -2.28. The predicted molar refractivity (Wildman–Crippen MR) is 128 cm³/mol. The van der Waals surface area contributed by atoms with E-state index in [4.69, 9.17) is 9.47 Å². The smallest absolute Gasteiger partial charge is 0.318 e. The molecule has 0 fully saturated rings. The molecule has 33 heavy (non-hydrogen) atoms. The number of nitrogens with zero attached hydrogens (tertiary/aromatic N) is 4. The minimum Gasteiger partial charge on any atom is -0.468 e. The first-order valence-electron chi connectivity index (χ1n) is 10.8. The summed E-state index contributed by atoms with van der Waals surface area (Å²) in [6, 6.07) is 9.44. The van der Waals surface area contributed by atoms with Crippen LogP contribution in [0.15, 0.2) is 40.3 Å². The molecular weight excluding hydrogens is 460 g/mol. The Bertz CT molecular complexity index is 1410. The maximum atomic E-state index is 13.9. The molecular formula is C23H24N4O4S2. The van der Waals surface area contributed by atoms with Gasteiger partial charge in [-0.25, -0.2) is 8.97 Å². The molecule has 0 radical (unpaired) electrons. The molecule has 0 saturated heterocycles. The molecule has 10 heteroatoms. The highest BCUT2D eigenvalue weighted by molar-refractivity contribution is 8.00. The molecule has 1 aliphatic rings. The summed E-state index contributed by atoms with van der Waals surface area (Å²) < 4.78 is 14.5. The lowest BCUT2D eigenvalue weighted by Gasteiger charge is -2.26. The molecule has 4 heterocycles. The van der Waals surface area contributed by atoms with E-state index in [-0.39, 0.29) is 17.6 Å². The number of rotatable bonds is 5. The minimum atomic E-state index is -0.474. The third-order valence-corrected chi connectivity index (χ3v) is 8.13. The summed E-state index contributed by atoms with van der Waals surface area (Å²) in [5.41, 5.74) is 1.64. The molecule has 1 aromatic carbocycles. The van der Waals surface area contributed by atoms with Crippen LogP contribution in [0.1, 0.15) is 31.2 Å². The second-order valence-electron chi connectivity index (χ2n) is 8.36. The second-order valence-corrected chi connectivity index (χ2v) is 10.8. The Morgan fingerprint density at radius 3 is 2.70 bits per heavy atom. The van der Waals surface area contributed by atoms with Crippen LogP contribution >= 0.6 is 23.1 Å². The zero-order valence-electron chi connectivity index (χ0n) is 18.8. The van der Waals surface area contributed by atoms with E-state index in [2.05, 4.69) is 24.0 Å². The summed E-state index contributed by atoms with van der Waals surface area (Å²) in [7, 11) is 1.37. The average molecular weight is 485 g/mol. The SMILES string of the molecule is COC(=O)[C@H](C)Sc1nnc2n(-c3ccccc3)c(=O)c3c4c(sc3n12)CO[C@@H](C(C)C)C4. The van der Waals surface area contributed by atoms with Crippen molar-refractivity contribution >= 4 is 45.1 Å². The topological polar surface area (TPSA) is 87.7 Å². The Morgan fingerprint density at radius 1 is 1.24 bits per heavy atom. The van der Waals surface area contributed by atoms with E-state index in [9.17, 15) is 9.59 Å². The van der Waals surface area contributed by atoms with Crippen molar-refractivity contribution in [3.8, 4) is 5.69 Å². The number of hydrogen-bond donors (Lipinski definition) is 0. The Morgan fingerprint density at radius 2 is 2.00 bits per heavy atom. The molecule has 0 amide bonds. The van der Waals surface area contributed by atoms with Crippen LogP contribution in [0.2, 0.25) is 0 Å². The van der Waals surface area contributed by atoms with Crippen LogP contribution in [-0.4, -0.2) is 43.6 Å². The van der Waals surface area contributed by atoms with Gasteiger partial charge in [0.15, 0.2) is 5.16 Å². The number of methoxy groups -OCH3 is 1. The average Bonchev–Trinajstić information content (AvgIpc) is 3.40. The lowest BCUT2D eigenvalue weighted by molar-refractivity contribution is -0.139. The number of benzene rings is 1. The van der Waals surface area contributed by atoms with E-state index in [0.29, 0.717) is 41.0 Å². The van der Waals surface area contributed by atoms with Gasteiger partial charge in [0.05, 0.1) is 30.9 Å². The molecule has 0 saturated carbocycles. The van der Waals surface area contributed by atoms with Gasteiger partial charge in [-0.1, -0.05) is 43.8 Å². The number of thiophene rings is 1. The fourth-order valence-corrected chi connectivity index (χ4v) is 6.30. The molecule has 0 aliphatic carbocycles. The van der Waals surface area contributed by atoms with Crippen molar-refractivity contribution in [3.63, 3.8) is 0 Å². The van der Waals surface area contributed by atoms with E-state index in [0.717, 1.165) is 15.3 Å². The highest BCUT2D eigenvalue weighted by Gasteiger charge is 2.30. The van der Waals surface area contributed by atoms with Gasteiger partial charge in [0.2, 0.25) is 5.78 Å². The van der Waals surface area contributed by atoms with Gasteiger partial charge < -0.3 is 9.47 Å². The predicted octanol–water partition coefficient (Wildman–Crippen LogP) is 3.85. The maximum Gasteiger partial charge on any atom is 0.318 e. The molecule has 4 aromatic rings. The summed E-state index contributed by atoms with van der Waals surface area (Å²) in [6.07, 6.45) is 0.746. The van der Waals surface area contributed by atoms with Gasteiger partial charge in [0, 0.05) is 11.3 Å². The monoisotopic (exact) mass is 484 g/mol. The van der Waals surface area contributed by atoms with E-state index in [1.54, 1.807) is 11.5 Å². The van der Waals surface area contributed by atoms with Gasteiger partial charge in [-0.15, -0.1) is 21.5 Å². The molecule has 0 N–H and O–H groups in total. The Labute approximate surface area is 198 Å². The van der Waals surface area contributed by atoms with Crippen molar-refractivity contribution in [1.29, 1.82) is 0 Å². The number of ether oxygens (including phenoxy) is 2. The lowest BCUT2D eigenvalue weighted by atomic mass is 9.96. The van der Waals surface area contributed by atoms with Crippen LogP contribution in [0.5, 0.6) is 0 Å². The van der Waals surface area contributed by atoms with Gasteiger partial charge in [-0.05, 0) is 30.5 Å². The van der Waals surface area contributed by atoms with E-state index in [1.807, 2.05) is 34.7 Å². The maximum absolute atomic E-state index is 13.9. The molecule has 0 bridgehead atoms. The van der Waals surface area contributed by atoms with E-state index < -0.39 is 5.25 Å². The molecule has 1 aliphatic heterocycles. The van der Waals surface area contributed by atoms with Gasteiger partial charge in [-0.2, -0.15) is 0 Å². The van der Waals surface area contributed by atoms with Crippen LogP contribution in [0, 0.1) is 5.92 Å². The first-order chi connectivity index (χ1) is 15.9. The number of fused-ring (bicyclic) bond motifs is 5. The highest BCUT2D eigenvalue weighted by Crippen LogP contribution is 2.38. The van der Waals surface area contributed by atoms with Gasteiger partial charge in [-0.3, -0.25) is 9.59 Å². The number of carbonyl (C=O) groups is 1. The third kappa shape index (κ3) is 3.66. The second kappa shape index (κ2) is 8.58. The molecule has 2 atom stereocenters. The van der Waals surface area contributed by atoms with Crippen molar-refractivity contribution < 1.29 is 14.3 Å². The van der Waals surface area contributed by atoms with Crippen molar-refractivity contribution in [3.05, 3.63) is 51.1 Å². The van der Waals surface area contributed by atoms with Crippen molar-refractivity contribution in [2.24, 2.45) is 5.92 Å². The molecule has 0 spiro atoms. The van der Waals surface area contributed by atoms with Crippen LogP contribution in [-0.2, 0) is 27.3 Å². The number of aromatic nitrogens is 4. The molecule has 3 aromatic heterocycles. The van der Waals surface area contributed by atoms with Crippen LogP contribution < -0.4 is 5.56 Å². The van der Waals surface area contributed by atoms with E-state index >= 15 is 0 Å². The number of para-hydroxylation sites is 1. The van der Waals surface area contributed by atoms with Gasteiger partial charge in [0.1, 0.15) is 10.1 Å². The molecule has 0 unspecified atom stereocenters. The Kier molecular flexibility index (Phi) is 5.75. The first kappa shape index (κ1) is 22.1. The van der Waals surface area contributed by atoms with Crippen LogP contribution in [0.3, 0.4) is 0 Å². The molecule has 8 nitrogen and oxygen atoms in total. The quantitative estimate of drug-likeness (QED) is 0.314. The van der Waals surface area contributed by atoms with Crippen molar-refractivity contribution in [1.82, 2.24) is 19.2 Å². The Balaban J connectivity index is 1.81. The minimum absolute atomic E-state index is 0.0599. The summed E-state index contributed by atoms with van der Waals surface area (Å²) in [5, 5.41) is 9.47. The summed E-state index contributed by atoms with van der Waals surface area (Å²) >= 11 is 2.80. The standard InChI is InChI=1S/C23H24N4O4S2/c1-12(2)16-10-15-17(11-31-16)33-20-18(15)19(28)26(14-8-6-5-7-9-14)22-24-25-23(27(20)22)32-13(3)21(29)30-4/h5-9,12-13,16H,10-11H2,1-4H3/t13-,16+/m0/s1. The summed E-state index contributed by atoms with van der Waals surface area (Å²) in [5.74, 6) is 0.413. The summed E-state index contributed by atoms with van der Waals surface area (Å²) in [6.45, 7) is 6.51. The van der Waals surface area contributed by atoms with Gasteiger partial charge >= 0.3 is 5.97 Å². The van der Waals surface area contributed by atoms with Crippen LogP contribution in [0.25, 0.3) is 21.7 Å². The highest BCUT2D eigenvalue weighted by atomic mass is 32.2. The molecule has 172 valence electrons. The van der Waals surface area contributed by atoms with Crippen molar-refractivity contribution in [2.75, 3.05) is 7.11 Å².